The van der Waals surface area contributed by atoms with Crippen LogP contribution in [0, 0.1) is 31.1 Å². The number of hydrogen-bond acceptors (Lipinski definition) is 4. The van der Waals surface area contributed by atoms with Crippen LogP contribution in [0.15, 0.2) is 42.6 Å². The molecule has 174 valence electrons. The van der Waals surface area contributed by atoms with E-state index in [4.69, 9.17) is 0 Å². The van der Waals surface area contributed by atoms with Gasteiger partial charge in [-0.2, -0.15) is 0 Å². The molecule has 2 aliphatic heterocycles. The topological polar surface area (TPSA) is 65.5 Å². The highest BCUT2D eigenvalue weighted by atomic mass is 16.2. The number of carbonyl (C=O) groups excluding carboxylic acids is 2. The van der Waals surface area contributed by atoms with E-state index in [9.17, 15) is 9.59 Å². The minimum atomic E-state index is -0.482. The molecule has 0 unspecified atom stereocenters. The second kappa shape index (κ2) is 8.81. The summed E-state index contributed by atoms with van der Waals surface area (Å²) in [4.78, 5) is 35.9. The fourth-order valence-corrected chi connectivity index (χ4v) is 5.72. The highest BCUT2D eigenvalue weighted by molar-refractivity contribution is 5.95. The van der Waals surface area contributed by atoms with Gasteiger partial charge in [-0.25, -0.2) is 4.98 Å². The van der Waals surface area contributed by atoms with Crippen LogP contribution in [0.25, 0.3) is 0 Å². The average molecular weight is 447 g/mol. The van der Waals surface area contributed by atoms with Gasteiger partial charge in [0.2, 0.25) is 5.91 Å². The Labute approximate surface area is 196 Å². The van der Waals surface area contributed by atoms with Gasteiger partial charge in [0.25, 0.3) is 5.91 Å². The molecular weight excluding hydrogens is 412 g/mol. The Kier molecular flexibility index (Phi) is 5.85. The first-order valence-corrected chi connectivity index (χ1v) is 12.3. The van der Waals surface area contributed by atoms with Crippen LogP contribution in [0.4, 0.5) is 5.82 Å². The quantitative estimate of drug-likeness (QED) is 0.762. The molecule has 1 saturated carbocycles. The molecule has 1 aromatic heterocycles. The standard InChI is InChI=1S/C27H34N4O2/c1-19-12-20(2)14-22(13-19)25(32)30-11-5-9-27(26(33)29-15-21-7-8-21)18-31(17-23(27)16-30)24-6-3-4-10-28-24/h3-4,6,10,12-14,21,23H,5,7-9,11,15-18H2,1-2H3,(H,29,33)/t23-,27-/m1/s1. The number of pyridine rings is 1. The van der Waals surface area contributed by atoms with Crippen molar-refractivity contribution in [2.75, 3.05) is 37.6 Å². The van der Waals surface area contributed by atoms with E-state index in [0.717, 1.165) is 48.4 Å². The van der Waals surface area contributed by atoms with E-state index < -0.39 is 5.41 Å². The van der Waals surface area contributed by atoms with Crippen molar-refractivity contribution in [1.29, 1.82) is 0 Å². The molecule has 3 heterocycles. The fraction of sp³-hybridized carbons (Fsp3) is 0.519. The lowest BCUT2D eigenvalue weighted by atomic mass is 9.74. The van der Waals surface area contributed by atoms with Crippen LogP contribution in [-0.2, 0) is 4.79 Å². The van der Waals surface area contributed by atoms with Crippen molar-refractivity contribution in [3.8, 4) is 0 Å². The predicted octanol–water partition coefficient (Wildman–Crippen LogP) is 3.58. The number of rotatable bonds is 5. The molecule has 1 N–H and O–H groups in total. The first-order chi connectivity index (χ1) is 15.9. The van der Waals surface area contributed by atoms with Crippen molar-refractivity contribution < 1.29 is 9.59 Å². The third kappa shape index (κ3) is 4.48. The lowest BCUT2D eigenvalue weighted by molar-refractivity contribution is -0.132. The van der Waals surface area contributed by atoms with Gasteiger partial charge in [-0.05, 0) is 69.7 Å². The Hall–Kier alpha value is -2.89. The van der Waals surface area contributed by atoms with Gasteiger partial charge in [-0.3, -0.25) is 9.59 Å². The molecule has 2 atom stereocenters. The lowest BCUT2D eigenvalue weighted by Gasteiger charge is -2.32. The minimum Gasteiger partial charge on any atom is -0.355 e. The highest BCUT2D eigenvalue weighted by Gasteiger charge is 2.53. The van der Waals surface area contributed by atoms with E-state index >= 15 is 0 Å². The Morgan fingerprint density at radius 2 is 1.91 bits per heavy atom. The van der Waals surface area contributed by atoms with Crippen molar-refractivity contribution in [1.82, 2.24) is 15.2 Å². The van der Waals surface area contributed by atoms with E-state index in [1.807, 2.05) is 49.1 Å². The van der Waals surface area contributed by atoms with E-state index in [0.29, 0.717) is 25.6 Å². The normalized spacial score (nSPS) is 24.8. The summed E-state index contributed by atoms with van der Waals surface area (Å²) in [5.74, 6) is 1.87. The van der Waals surface area contributed by atoms with Crippen LogP contribution in [0.5, 0.6) is 0 Å². The maximum atomic E-state index is 13.6. The zero-order valence-electron chi connectivity index (χ0n) is 19.7. The molecule has 2 aromatic rings. The van der Waals surface area contributed by atoms with Crippen LogP contribution < -0.4 is 10.2 Å². The monoisotopic (exact) mass is 446 g/mol. The Bertz CT molecular complexity index is 1020. The van der Waals surface area contributed by atoms with Gasteiger partial charge in [-0.15, -0.1) is 0 Å². The van der Waals surface area contributed by atoms with Crippen LogP contribution in [0.3, 0.4) is 0 Å². The number of fused-ring (bicyclic) bond motifs is 1. The number of hydrogen-bond donors (Lipinski definition) is 1. The van der Waals surface area contributed by atoms with Crippen molar-refractivity contribution in [3.05, 3.63) is 59.3 Å². The van der Waals surface area contributed by atoms with E-state index in [1.165, 1.54) is 12.8 Å². The number of anilines is 1. The second-order valence-electron chi connectivity index (χ2n) is 10.3. The molecule has 1 aromatic carbocycles. The summed E-state index contributed by atoms with van der Waals surface area (Å²) in [5, 5.41) is 3.28. The summed E-state index contributed by atoms with van der Waals surface area (Å²) in [6.45, 7) is 7.55. The first kappa shape index (κ1) is 21.9. The number of aromatic nitrogens is 1. The smallest absolute Gasteiger partial charge is 0.253 e. The van der Waals surface area contributed by atoms with Crippen LogP contribution >= 0.6 is 0 Å². The van der Waals surface area contributed by atoms with Crippen LogP contribution in [0.2, 0.25) is 0 Å². The van der Waals surface area contributed by atoms with Crippen LogP contribution in [0.1, 0.15) is 47.2 Å². The number of nitrogens with zero attached hydrogens (tertiary/aromatic N) is 3. The number of nitrogens with one attached hydrogen (secondary N) is 1. The number of likely N-dealkylation sites (tertiary alicyclic amines) is 1. The van der Waals surface area contributed by atoms with Crippen molar-refractivity contribution in [2.24, 2.45) is 17.3 Å². The third-order valence-corrected chi connectivity index (χ3v) is 7.62. The van der Waals surface area contributed by atoms with Crippen molar-refractivity contribution >= 4 is 17.6 Å². The Morgan fingerprint density at radius 3 is 2.61 bits per heavy atom. The van der Waals surface area contributed by atoms with Gasteiger partial charge in [0.05, 0.1) is 5.41 Å². The maximum Gasteiger partial charge on any atom is 0.253 e. The summed E-state index contributed by atoms with van der Waals surface area (Å²) < 4.78 is 0. The van der Waals surface area contributed by atoms with Crippen LogP contribution in [-0.4, -0.2) is 54.4 Å². The van der Waals surface area contributed by atoms with E-state index in [-0.39, 0.29) is 17.7 Å². The zero-order valence-corrected chi connectivity index (χ0v) is 19.7. The SMILES string of the molecule is Cc1cc(C)cc(C(=O)N2CCC[C@@]3(C(=O)NCC4CC4)CN(c4ccccn4)C[C@H]3C2)c1. The molecule has 0 spiro atoms. The van der Waals surface area contributed by atoms with E-state index in [1.54, 1.807) is 6.20 Å². The molecule has 3 fully saturated rings. The van der Waals surface area contributed by atoms with Gasteiger partial charge in [0.1, 0.15) is 5.82 Å². The zero-order chi connectivity index (χ0) is 23.0. The Balaban J connectivity index is 1.41. The predicted molar refractivity (Wildman–Crippen MR) is 129 cm³/mol. The molecular formula is C27H34N4O2. The molecule has 0 bridgehead atoms. The van der Waals surface area contributed by atoms with Crippen molar-refractivity contribution in [2.45, 2.75) is 39.5 Å². The summed E-state index contributed by atoms with van der Waals surface area (Å²) in [6.07, 6.45) is 5.87. The van der Waals surface area contributed by atoms with Crippen molar-refractivity contribution in [3.63, 3.8) is 0 Å². The largest absolute Gasteiger partial charge is 0.355 e. The van der Waals surface area contributed by atoms with Gasteiger partial charge in [0.15, 0.2) is 0 Å². The first-order valence-electron chi connectivity index (χ1n) is 12.3. The number of amides is 2. The second-order valence-corrected chi connectivity index (χ2v) is 10.3. The van der Waals surface area contributed by atoms with E-state index in [2.05, 4.69) is 21.3 Å². The third-order valence-electron chi connectivity index (χ3n) is 7.62. The fourth-order valence-electron chi connectivity index (χ4n) is 5.72. The van der Waals surface area contributed by atoms with Gasteiger partial charge < -0.3 is 15.1 Å². The summed E-state index contributed by atoms with van der Waals surface area (Å²) in [7, 11) is 0. The molecule has 5 rings (SSSR count). The molecule has 6 heteroatoms. The summed E-state index contributed by atoms with van der Waals surface area (Å²) in [6, 6.07) is 12.0. The molecule has 6 nitrogen and oxygen atoms in total. The van der Waals surface area contributed by atoms with Gasteiger partial charge >= 0.3 is 0 Å². The molecule has 2 amide bonds. The average Bonchev–Trinajstić information content (AvgIpc) is 3.59. The molecule has 33 heavy (non-hydrogen) atoms. The number of carbonyl (C=O) groups is 2. The molecule has 0 radical (unpaired) electrons. The Morgan fingerprint density at radius 1 is 1.12 bits per heavy atom. The number of aryl methyl sites for hydroxylation is 2. The van der Waals surface area contributed by atoms with Gasteiger partial charge in [0, 0.05) is 50.4 Å². The molecule has 3 aliphatic rings. The summed E-state index contributed by atoms with van der Waals surface area (Å²) in [5.41, 5.74) is 2.47. The maximum absolute atomic E-state index is 13.6. The molecule has 1 aliphatic carbocycles. The minimum absolute atomic E-state index is 0.0762. The highest BCUT2D eigenvalue weighted by Crippen LogP contribution is 2.44. The van der Waals surface area contributed by atoms with Gasteiger partial charge in [-0.1, -0.05) is 23.3 Å². The lowest BCUT2D eigenvalue weighted by Crippen LogP contribution is -2.48. The molecule has 2 saturated heterocycles. The summed E-state index contributed by atoms with van der Waals surface area (Å²) >= 11 is 0. The number of benzene rings is 1.